The second kappa shape index (κ2) is 11.6. The second-order valence-corrected chi connectivity index (χ2v) is 11.9. The summed E-state index contributed by atoms with van der Waals surface area (Å²) in [6, 6.07) is 6.42. The van der Waals surface area contributed by atoms with Gasteiger partial charge in [0.2, 0.25) is 0 Å². The third-order valence-electron chi connectivity index (χ3n) is 8.73. The molecule has 9 nitrogen and oxygen atoms in total. The van der Waals surface area contributed by atoms with Gasteiger partial charge in [0, 0.05) is 50.6 Å². The number of carbonyl (C=O) groups is 2. The number of amides is 1. The Morgan fingerprint density at radius 3 is 2.55 bits per heavy atom. The molecule has 0 unspecified atom stereocenters. The van der Waals surface area contributed by atoms with Crippen LogP contribution in [0.4, 0.5) is 5.69 Å². The number of H-pyrrole nitrogens is 1. The standard InChI is InChI=1S/C31H39N5O4/c1-4-24-20-32-28(33-24)29(39)34-26-6-5-23(19-25(26)22-7-9-30(2,3)10-8-22)31(11-17-40-18-12-31)36-15-13-35(14-16-36)21-27(37)38/h1,5-7,19-20H,8-18,21H2,2-3H3,(H,32,33)(H,34,39)(H,37,38). The Bertz CT molecular complexity index is 1320. The maximum absolute atomic E-state index is 13.1. The van der Waals surface area contributed by atoms with Crippen molar-refractivity contribution in [2.75, 3.05) is 51.3 Å². The largest absolute Gasteiger partial charge is 0.480 e. The van der Waals surface area contributed by atoms with E-state index in [4.69, 9.17) is 11.2 Å². The van der Waals surface area contributed by atoms with E-state index in [9.17, 15) is 14.7 Å². The van der Waals surface area contributed by atoms with Crippen LogP contribution in [-0.2, 0) is 15.1 Å². The molecule has 2 saturated heterocycles. The minimum atomic E-state index is -0.787. The normalized spacial score (nSPS) is 21.3. The molecule has 9 heteroatoms. The number of ether oxygens (including phenoxy) is 1. The van der Waals surface area contributed by atoms with E-state index >= 15 is 0 Å². The third kappa shape index (κ3) is 5.99. The van der Waals surface area contributed by atoms with Crippen LogP contribution in [0.2, 0.25) is 0 Å². The Labute approximate surface area is 236 Å². The number of hydrogen-bond donors (Lipinski definition) is 3. The van der Waals surface area contributed by atoms with E-state index in [0.717, 1.165) is 69.5 Å². The van der Waals surface area contributed by atoms with Gasteiger partial charge < -0.3 is 20.1 Å². The van der Waals surface area contributed by atoms with Crippen LogP contribution >= 0.6 is 0 Å². The summed E-state index contributed by atoms with van der Waals surface area (Å²) in [5.41, 5.74) is 4.77. The highest BCUT2D eigenvalue weighted by Gasteiger charge is 2.42. The fourth-order valence-electron chi connectivity index (χ4n) is 6.24. The smallest absolute Gasteiger partial charge is 0.317 e. The summed E-state index contributed by atoms with van der Waals surface area (Å²) >= 11 is 0. The Hall–Kier alpha value is -3.45. The molecule has 1 aromatic heterocycles. The molecule has 0 bridgehead atoms. The molecule has 1 amide bonds. The summed E-state index contributed by atoms with van der Waals surface area (Å²) in [6.45, 7) is 9.05. The highest BCUT2D eigenvalue weighted by molar-refractivity contribution is 6.03. The number of terminal acetylenes is 1. The van der Waals surface area contributed by atoms with Gasteiger partial charge >= 0.3 is 5.97 Å². The van der Waals surface area contributed by atoms with Gasteiger partial charge in [-0.15, -0.1) is 6.42 Å². The van der Waals surface area contributed by atoms with Crippen LogP contribution in [0.1, 0.15) is 73.4 Å². The summed E-state index contributed by atoms with van der Waals surface area (Å²) in [5.74, 6) is 1.54. The minimum absolute atomic E-state index is 0.0749. The van der Waals surface area contributed by atoms with Crippen molar-refractivity contribution >= 4 is 23.1 Å². The van der Waals surface area contributed by atoms with Gasteiger partial charge in [-0.05, 0) is 60.8 Å². The number of carboxylic acid groups (broad SMARTS) is 1. The van der Waals surface area contributed by atoms with E-state index in [1.54, 1.807) is 0 Å². The topological polar surface area (TPSA) is 111 Å². The highest BCUT2D eigenvalue weighted by atomic mass is 16.5. The average Bonchev–Trinajstić information content (AvgIpc) is 3.44. The molecule has 0 saturated carbocycles. The SMILES string of the molecule is C#Cc1cnc(C(=O)Nc2ccc(C3(N4CCN(CC(=O)O)CC4)CCOCC3)cc2C2=CCC(C)(C)CC2)[nH]1. The fourth-order valence-corrected chi connectivity index (χ4v) is 6.24. The Morgan fingerprint density at radius 2 is 1.93 bits per heavy atom. The molecule has 3 N–H and O–H groups in total. The van der Waals surface area contributed by atoms with Crippen LogP contribution < -0.4 is 5.32 Å². The van der Waals surface area contributed by atoms with Gasteiger partial charge in [0.25, 0.3) is 5.91 Å². The number of nitrogens with zero attached hydrogens (tertiary/aromatic N) is 3. The lowest BCUT2D eigenvalue weighted by Gasteiger charge is -2.50. The number of rotatable bonds is 7. The summed E-state index contributed by atoms with van der Waals surface area (Å²) in [6.07, 6.45) is 14.0. The molecular formula is C31H39N5O4. The van der Waals surface area contributed by atoms with Crippen molar-refractivity contribution in [1.82, 2.24) is 19.8 Å². The molecule has 3 heterocycles. The first kappa shape index (κ1) is 28.1. The molecule has 2 fully saturated rings. The lowest BCUT2D eigenvalue weighted by Crippen LogP contribution is -2.57. The Balaban J connectivity index is 1.49. The molecule has 5 rings (SSSR count). The van der Waals surface area contributed by atoms with E-state index < -0.39 is 5.97 Å². The molecule has 3 aliphatic rings. The van der Waals surface area contributed by atoms with E-state index in [1.165, 1.54) is 17.3 Å². The van der Waals surface area contributed by atoms with Gasteiger partial charge in [-0.3, -0.25) is 19.4 Å². The monoisotopic (exact) mass is 545 g/mol. The molecular weight excluding hydrogens is 506 g/mol. The second-order valence-electron chi connectivity index (χ2n) is 11.9. The average molecular weight is 546 g/mol. The van der Waals surface area contributed by atoms with Gasteiger partial charge in [0.15, 0.2) is 5.82 Å². The summed E-state index contributed by atoms with van der Waals surface area (Å²) in [7, 11) is 0. The first-order chi connectivity index (χ1) is 19.2. The van der Waals surface area contributed by atoms with Crippen molar-refractivity contribution in [3.63, 3.8) is 0 Å². The van der Waals surface area contributed by atoms with Crippen LogP contribution in [0.3, 0.4) is 0 Å². The third-order valence-corrected chi connectivity index (χ3v) is 8.73. The van der Waals surface area contributed by atoms with Gasteiger partial charge in [-0.1, -0.05) is 31.9 Å². The molecule has 0 spiro atoms. The summed E-state index contributed by atoms with van der Waals surface area (Å²) in [5, 5.41) is 12.3. The number of hydrogen-bond acceptors (Lipinski definition) is 6. The zero-order valence-electron chi connectivity index (χ0n) is 23.5. The highest BCUT2D eigenvalue weighted by Crippen LogP contribution is 2.44. The molecule has 40 heavy (non-hydrogen) atoms. The first-order valence-electron chi connectivity index (χ1n) is 14.1. The molecule has 212 valence electrons. The number of nitrogens with one attached hydrogen (secondary N) is 2. The molecule has 2 aromatic rings. The number of carbonyl (C=O) groups excluding carboxylic acids is 1. The van der Waals surface area contributed by atoms with Crippen molar-refractivity contribution < 1.29 is 19.4 Å². The van der Waals surface area contributed by atoms with Crippen LogP contribution in [0.15, 0.2) is 30.5 Å². The van der Waals surface area contributed by atoms with Crippen molar-refractivity contribution in [1.29, 1.82) is 0 Å². The maximum atomic E-state index is 13.1. The number of benzene rings is 1. The Kier molecular flexibility index (Phi) is 8.13. The maximum Gasteiger partial charge on any atom is 0.317 e. The molecule has 1 aromatic carbocycles. The number of anilines is 1. The van der Waals surface area contributed by atoms with Crippen LogP contribution in [0.5, 0.6) is 0 Å². The number of imidazole rings is 1. The molecule has 0 atom stereocenters. The van der Waals surface area contributed by atoms with Gasteiger partial charge in [0.1, 0.15) is 5.69 Å². The zero-order valence-corrected chi connectivity index (χ0v) is 23.5. The number of allylic oxidation sites excluding steroid dienone is 2. The van der Waals surface area contributed by atoms with Gasteiger partial charge in [0.05, 0.1) is 18.3 Å². The lowest BCUT2D eigenvalue weighted by molar-refractivity contribution is -0.139. The van der Waals surface area contributed by atoms with Crippen LogP contribution in [-0.4, -0.2) is 82.7 Å². The van der Waals surface area contributed by atoms with Crippen molar-refractivity contribution in [3.05, 3.63) is 53.1 Å². The minimum Gasteiger partial charge on any atom is -0.480 e. The number of aromatic amines is 1. The first-order valence-corrected chi connectivity index (χ1v) is 14.1. The summed E-state index contributed by atoms with van der Waals surface area (Å²) < 4.78 is 5.81. The number of aliphatic carboxylic acids is 1. The predicted octanol–water partition coefficient (Wildman–Crippen LogP) is 3.94. The van der Waals surface area contributed by atoms with E-state index in [1.807, 2.05) is 11.0 Å². The number of piperazine rings is 1. The number of aromatic nitrogens is 2. The predicted molar refractivity (Wildman–Crippen MR) is 154 cm³/mol. The Morgan fingerprint density at radius 1 is 1.18 bits per heavy atom. The molecule has 2 aliphatic heterocycles. The van der Waals surface area contributed by atoms with Gasteiger partial charge in [-0.25, -0.2) is 4.98 Å². The molecule has 1 aliphatic carbocycles. The number of carboxylic acids is 1. The van der Waals surface area contributed by atoms with Crippen molar-refractivity contribution in [3.8, 4) is 12.3 Å². The summed E-state index contributed by atoms with van der Waals surface area (Å²) in [4.78, 5) is 35.9. The zero-order chi connectivity index (χ0) is 28.3. The fraction of sp³-hybridized carbons (Fsp3) is 0.516. The van der Waals surface area contributed by atoms with E-state index in [2.05, 4.69) is 58.2 Å². The van der Waals surface area contributed by atoms with Crippen molar-refractivity contribution in [2.24, 2.45) is 5.41 Å². The van der Waals surface area contributed by atoms with Crippen LogP contribution in [0.25, 0.3) is 5.57 Å². The lowest BCUT2D eigenvalue weighted by atomic mass is 9.75. The van der Waals surface area contributed by atoms with E-state index in [-0.39, 0.29) is 29.2 Å². The van der Waals surface area contributed by atoms with Crippen LogP contribution in [0, 0.1) is 17.8 Å². The van der Waals surface area contributed by atoms with Crippen molar-refractivity contribution in [2.45, 2.75) is 51.5 Å². The quantitative estimate of drug-likeness (QED) is 0.452. The van der Waals surface area contributed by atoms with E-state index in [0.29, 0.717) is 18.9 Å². The molecule has 0 radical (unpaired) electrons. The van der Waals surface area contributed by atoms with Gasteiger partial charge in [-0.2, -0.15) is 0 Å².